The van der Waals surface area contributed by atoms with Gasteiger partial charge in [-0.3, -0.25) is 9.97 Å². The first-order chi connectivity index (χ1) is 12.4. The van der Waals surface area contributed by atoms with Crippen LogP contribution in [0.1, 0.15) is 40.1 Å². The summed E-state index contributed by atoms with van der Waals surface area (Å²) in [5.41, 5.74) is 3.42. The van der Waals surface area contributed by atoms with Crippen molar-refractivity contribution in [1.29, 1.82) is 0 Å². The molecule has 0 saturated carbocycles. The van der Waals surface area contributed by atoms with Gasteiger partial charge in [0.05, 0.1) is 43.6 Å². The summed E-state index contributed by atoms with van der Waals surface area (Å²) in [5.74, 6) is 0.620. The maximum atomic E-state index is 12.3. The Bertz CT molecular complexity index is 805. The van der Waals surface area contributed by atoms with Crippen molar-refractivity contribution < 1.29 is 23.7 Å². The van der Waals surface area contributed by atoms with Crippen molar-refractivity contribution in [2.45, 2.75) is 34.3 Å². The summed E-state index contributed by atoms with van der Waals surface area (Å²) in [4.78, 5) is 21.3. The van der Waals surface area contributed by atoms with Crippen molar-refractivity contribution >= 4 is 5.97 Å². The topological polar surface area (TPSA) is 79.8 Å². The highest BCUT2D eigenvalue weighted by molar-refractivity contribution is 5.94. The Kier molecular flexibility index (Phi) is 6.38. The highest BCUT2D eigenvalue weighted by Crippen LogP contribution is 2.36. The Balaban J connectivity index is 2.41. The highest BCUT2D eigenvalue weighted by atomic mass is 16.5. The molecule has 0 saturated heterocycles. The third-order valence-corrected chi connectivity index (χ3v) is 3.91. The maximum absolute atomic E-state index is 12.3. The van der Waals surface area contributed by atoms with Crippen LogP contribution in [0.4, 0.5) is 0 Å². The molecule has 0 radical (unpaired) electrons. The number of aromatic nitrogens is 2. The number of ether oxygens (including phenoxy) is 4. The summed E-state index contributed by atoms with van der Waals surface area (Å²) in [7, 11) is 3.01. The summed E-state index contributed by atoms with van der Waals surface area (Å²) in [6.07, 6.45) is 0. The van der Waals surface area contributed by atoms with Crippen LogP contribution in [0.5, 0.6) is 17.2 Å². The van der Waals surface area contributed by atoms with Crippen LogP contribution in [0.2, 0.25) is 0 Å². The second kappa shape index (κ2) is 8.51. The molecule has 0 aliphatic heterocycles. The van der Waals surface area contributed by atoms with E-state index in [2.05, 4.69) is 9.97 Å². The normalized spacial score (nSPS) is 10.4. The Morgan fingerprint density at radius 2 is 1.69 bits per heavy atom. The molecule has 1 heterocycles. The molecule has 0 atom stereocenters. The molecular weight excluding hydrogens is 336 g/mol. The molecule has 1 aromatic carbocycles. The highest BCUT2D eigenvalue weighted by Gasteiger charge is 2.21. The number of carbonyl (C=O) groups is 1. The molecule has 0 aliphatic rings. The fourth-order valence-electron chi connectivity index (χ4n) is 2.39. The van der Waals surface area contributed by atoms with Crippen molar-refractivity contribution in [3.8, 4) is 17.2 Å². The molecule has 2 rings (SSSR count). The van der Waals surface area contributed by atoms with E-state index in [1.54, 1.807) is 19.1 Å². The fourth-order valence-corrected chi connectivity index (χ4v) is 2.39. The van der Waals surface area contributed by atoms with E-state index in [1.807, 2.05) is 20.8 Å². The SMILES string of the molecule is CCOC(=O)c1cc(OC)cc(OC)c1OCc1nc(C)c(C)nc1C. The predicted octanol–water partition coefficient (Wildman–Crippen LogP) is 3.17. The Morgan fingerprint density at radius 3 is 2.31 bits per heavy atom. The van der Waals surface area contributed by atoms with Gasteiger partial charge in [-0.05, 0) is 33.8 Å². The van der Waals surface area contributed by atoms with Gasteiger partial charge in [-0.1, -0.05) is 0 Å². The number of methoxy groups -OCH3 is 2. The number of aryl methyl sites for hydroxylation is 3. The molecule has 0 amide bonds. The van der Waals surface area contributed by atoms with Gasteiger partial charge < -0.3 is 18.9 Å². The Hall–Kier alpha value is -2.83. The van der Waals surface area contributed by atoms with Gasteiger partial charge in [0, 0.05) is 6.07 Å². The average molecular weight is 360 g/mol. The first kappa shape index (κ1) is 19.5. The van der Waals surface area contributed by atoms with Gasteiger partial charge in [-0.2, -0.15) is 0 Å². The van der Waals surface area contributed by atoms with Crippen LogP contribution in [0.3, 0.4) is 0 Å². The van der Waals surface area contributed by atoms with Gasteiger partial charge in [-0.15, -0.1) is 0 Å². The lowest BCUT2D eigenvalue weighted by atomic mass is 10.1. The van der Waals surface area contributed by atoms with E-state index in [0.717, 1.165) is 17.1 Å². The number of hydrogen-bond donors (Lipinski definition) is 0. The molecule has 26 heavy (non-hydrogen) atoms. The fraction of sp³-hybridized carbons (Fsp3) is 0.421. The molecule has 7 nitrogen and oxygen atoms in total. The van der Waals surface area contributed by atoms with Crippen molar-refractivity contribution in [2.75, 3.05) is 20.8 Å². The molecule has 140 valence electrons. The van der Waals surface area contributed by atoms with E-state index in [9.17, 15) is 4.79 Å². The van der Waals surface area contributed by atoms with E-state index in [1.165, 1.54) is 14.2 Å². The van der Waals surface area contributed by atoms with Crippen LogP contribution in [-0.4, -0.2) is 36.8 Å². The minimum Gasteiger partial charge on any atom is -0.497 e. The van der Waals surface area contributed by atoms with Crippen LogP contribution in [0.15, 0.2) is 12.1 Å². The van der Waals surface area contributed by atoms with Crippen LogP contribution in [0.25, 0.3) is 0 Å². The predicted molar refractivity (Wildman–Crippen MR) is 96.1 cm³/mol. The number of hydrogen-bond acceptors (Lipinski definition) is 7. The van der Waals surface area contributed by atoms with Crippen molar-refractivity contribution in [3.05, 3.63) is 40.5 Å². The van der Waals surface area contributed by atoms with Crippen LogP contribution in [0, 0.1) is 20.8 Å². The third-order valence-electron chi connectivity index (χ3n) is 3.91. The second-order valence-electron chi connectivity index (χ2n) is 5.64. The molecular formula is C19H24N2O5. The first-order valence-electron chi connectivity index (χ1n) is 8.27. The number of benzene rings is 1. The quantitative estimate of drug-likeness (QED) is 0.702. The van der Waals surface area contributed by atoms with Crippen molar-refractivity contribution in [1.82, 2.24) is 9.97 Å². The maximum Gasteiger partial charge on any atom is 0.342 e. The molecule has 0 bridgehead atoms. The number of rotatable bonds is 7. The zero-order valence-corrected chi connectivity index (χ0v) is 16.0. The summed E-state index contributed by atoms with van der Waals surface area (Å²) in [6, 6.07) is 3.21. The second-order valence-corrected chi connectivity index (χ2v) is 5.64. The minimum atomic E-state index is -0.511. The van der Waals surface area contributed by atoms with E-state index in [4.69, 9.17) is 18.9 Å². The molecule has 0 N–H and O–H groups in total. The zero-order valence-electron chi connectivity index (χ0n) is 16.0. The first-order valence-corrected chi connectivity index (χ1v) is 8.27. The van der Waals surface area contributed by atoms with Gasteiger partial charge in [0.25, 0.3) is 0 Å². The van der Waals surface area contributed by atoms with E-state index in [0.29, 0.717) is 17.2 Å². The zero-order chi connectivity index (χ0) is 19.3. The van der Waals surface area contributed by atoms with Crippen LogP contribution >= 0.6 is 0 Å². The summed E-state index contributed by atoms with van der Waals surface area (Å²) in [5, 5.41) is 0. The lowest BCUT2D eigenvalue weighted by Crippen LogP contribution is -2.11. The molecule has 0 fully saturated rings. The lowest BCUT2D eigenvalue weighted by Gasteiger charge is -2.16. The van der Waals surface area contributed by atoms with Gasteiger partial charge in [-0.25, -0.2) is 4.79 Å². The molecule has 0 spiro atoms. The number of carbonyl (C=O) groups excluding carboxylic acids is 1. The standard InChI is InChI=1S/C19H24N2O5/c1-7-25-19(22)15-8-14(23-5)9-17(24-6)18(15)26-10-16-13(4)20-11(2)12(3)21-16/h8-9H,7,10H2,1-6H3. The Labute approximate surface area is 153 Å². The lowest BCUT2D eigenvalue weighted by molar-refractivity contribution is 0.0519. The molecule has 1 aromatic heterocycles. The smallest absolute Gasteiger partial charge is 0.342 e. The van der Waals surface area contributed by atoms with Gasteiger partial charge in [0.2, 0.25) is 0 Å². The van der Waals surface area contributed by atoms with Gasteiger partial charge >= 0.3 is 5.97 Å². The minimum absolute atomic E-state index is 0.148. The van der Waals surface area contributed by atoms with E-state index < -0.39 is 5.97 Å². The Morgan fingerprint density at radius 1 is 1.00 bits per heavy atom. The monoisotopic (exact) mass is 360 g/mol. The van der Waals surface area contributed by atoms with Gasteiger partial charge in [0.1, 0.15) is 17.9 Å². The van der Waals surface area contributed by atoms with Crippen molar-refractivity contribution in [2.24, 2.45) is 0 Å². The molecule has 2 aromatic rings. The summed E-state index contributed by atoms with van der Waals surface area (Å²) < 4.78 is 21.6. The largest absolute Gasteiger partial charge is 0.497 e. The third kappa shape index (κ3) is 4.22. The molecule has 0 unspecified atom stereocenters. The molecule has 7 heteroatoms. The number of esters is 1. The summed E-state index contributed by atoms with van der Waals surface area (Å²) >= 11 is 0. The van der Waals surface area contributed by atoms with E-state index in [-0.39, 0.29) is 24.5 Å². The molecule has 0 aliphatic carbocycles. The van der Waals surface area contributed by atoms with E-state index >= 15 is 0 Å². The number of nitrogens with zero attached hydrogens (tertiary/aromatic N) is 2. The van der Waals surface area contributed by atoms with Crippen LogP contribution < -0.4 is 14.2 Å². The average Bonchev–Trinajstić information content (AvgIpc) is 2.63. The van der Waals surface area contributed by atoms with Gasteiger partial charge in [0.15, 0.2) is 11.5 Å². The van der Waals surface area contributed by atoms with Crippen molar-refractivity contribution in [3.63, 3.8) is 0 Å². The van der Waals surface area contributed by atoms with Crippen LogP contribution in [-0.2, 0) is 11.3 Å². The summed E-state index contributed by atoms with van der Waals surface area (Å²) in [6.45, 7) is 7.81.